The summed E-state index contributed by atoms with van der Waals surface area (Å²) in [6, 6.07) is 28.6. The number of carbonyl (C=O) groups excluding carboxylic acids is 1. The topological polar surface area (TPSA) is 64.3 Å². The molecule has 2 atom stereocenters. The predicted molar refractivity (Wildman–Crippen MR) is 154 cm³/mol. The molecule has 1 amide bonds. The number of imidazole rings is 1. The lowest BCUT2D eigenvalue weighted by Gasteiger charge is -2.50. The van der Waals surface area contributed by atoms with Gasteiger partial charge in [0.25, 0.3) is 0 Å². The van der Waals surface area contributed by atoms with Crippen LogP contribution in [-0.4, -0.2) is 53.5 Å². The Balaban J connectivity index is 1.24. The number of hydrogen-bond donors (Lipinski definition) is 2. The van der Waals surface area contributed by atoms with E-state index in [9.17, 15) is 4.79 Å². The summed E-state index contributed by atoms with van der Waals surface area (Å²) in [5, 5.41) is 3.90. The van der Waals surface area contributed by atoms with Crippen LogP contribution in [0.2, 0.25) is 5.02 Å². The molecule has 0 aliphatic carbocycles. The second-order valence-electron chi connectivity index (χ2n) is 10.1. The molecular formula is C31H34ClN5O. The number of nitrogens with zero attached hydrogens (tertiary/aromatic N) is 3. The summed E-state index contributed by atoms with van der Waals surface area (Å²) >= 11 is 6.13. The number of aromatic nitrogens is 2. The van der Waals surface area contributed by atoms with E-state index in [4.69, 9.17) is 11.6 Å². The minimum absolute atomic E-state index is 0.00511. The van der Waals surface area contributed by atoms with Crippen molar-refractivity contribution in [2.45, 2.75) is 25.3 Å². The van der Waals surface area contributed by atoms with E-state index >= 15 is 0 Å². The highest BCUT2D eigenvalue weighted by molar-refractivity contribution is 6.30. The Hall–Kier alpha value is -3.61. The Morgan fingerprint density at radius 2 is 1.71 bits per heavy atom. The lowest BCUT2D eigenvalue weighted by molar-refractivity contribution is -0.122. The average Bonchev–Trinajstić information content (AvgIpc) is 3.45. The second kappa shape index (κ2) is 11.4. The fraction of sp³-hybridized carbons (Fsp3) is 0.290. The molecule has 0 bridgehead atoms. The molecule has 2 N–H and O–H groups in total. The van der Waals surface area contributed by atoms with Crippen LogP contribution < -0.4 is 10.2 Å². The molecule has 6 nitrogen and oxygen atoms in total. The first-order chi connectivity index (χ1) is 18.4. The Kier molecular flexibility index (Phi) is 7.82. The molecule has 0 saturated carbocycles. The first-order valence-corrected chi connectivity index (χ1v) is 13.5. The molecule has 1 aliphatic heterocycles. The van der Waals surface area contributed by atoms with E-state index in [2.05, 4.69) is 74.5 Å². The molecule has 4 aromatic rings. The smallest absolute Gasteiger partial charge is 0.228 e. The van der Waals surface area contributed by atoms with E-state index in [1.165, 1.54) is 11.3 Å². The third-order valence-corrected chi connectivity index (χ3v) is 7.86. The molecule has 1 saturated heterocycles. The molecule has 196 valence electrons. The van der Waals surface area contributed by atoms with Crippen molar-refractivity contribution in [3.63, 3.8) is 0 Å². The first-order valence-electron chi connectivity index (χ1n) is 13.1. The van der Waals surface area contributed by atoms with Crippen LogP contribution in [-0.2, 0) is 10.3 Å². The number of halogens is 1. The zero-order valence-corrected chi connectivity index (χ0v) is 22.7. The quantitative estimate of drug-likeness (QED) is 0.309. The number of carbonyl (C=O) groups is 1. The highest BCUT2D eigenvalue weighted by atomic mass is 35.5. The maximum Gasteiger partial charge on any atom is 0.228 e. The molecule has 0 spiro atoms. The van der Waals surface area contributed by atoms with Gasteiger partial charge in [-0.1, -0.05) is 72.3 Å². The van der Waals surface area contributed by atoms with Gasteiger partial charge in [-0.3, -0.25) is 9.69 Å². The van der Waals surface area contributed by atoms with Gasteiger partial charge in [0, 0.05) is 60.9 Å². The van der Waals surface area contributed by atoms with Gasteiger partial charge in [-0.25, -0.2) is 4.98 Å². The van der Waals surface area contributed by atoms with Crippen LogP contribution in [0, 0.1) is 0 Å². The molecule has 3 aromatic carbocycles. The standard InChI is InChI=1S/C31H34ClN5O/c1-23(28-21-34-29(35-28)24-9-5-3-6-10-24)30(38)33-17-18-37-20-19-36(27-15-13-26(32)14-16-27)22-31(37,2)25-11-7-4-8-12-25/h3-16,21,23H,17-20,22H2,1-2H3,(H,33,38)(H,34,35). The van der Waals surface area contributed by atoms with E-state index in [-0.39, 0.29) is 17.4 Å². The largest absolute Gasteiger partial charge is 0.368 e. The highest BCUT2D eigenvalue weighted by Gasteiger charge is 2.39. The summed E-state index contributed by atoms with van der Waals surface area (Å²) in [6.07, 6.45) is 1.76. The molecule has 1 fully saturated rings. The summed E-state index contributed by atoms with van der Waals surface area (Å²) < 4.78 is 0. The van der Waals surface area contributed by atoms with E-state index in [1.807, 2.05) is 49.4 Å². The summed E-state index contributed by atoms with van der Waals surface area (Å²) in [5.41, 5.74) is 4.05. The summed E-state index contributed by atoms with van der Waals surface area (Å²) in [5.74, 6) is 0.453. The monoisotopic (exact) mass is 527 g/mol. The van der Waals surface area contributed by atoms with Gasteiger partial charge in [-0.15, -0.1) is 0 Å². The highest BCUT2D eigenvalue weighted by Crippen LogP contribution is 2.34. The van der Waals surface area contributed by atoms with Gasteiger partial charge in [0.1, 0.15) is 5.82 Å². The summed E-state index contributed by atoms with van der Waals surface area (Å²) in [4.78, 5) is 25.7. The second-order valence-corrected chi connectivity index (χ2v) is 10.5. The molecule has 5 rings (SSSR count). The fourth-order valence-corrected chi connectivity index (χ4v) is 5.37. The number of rotatable bonds is 8. The van der Waals surface area contributed by atoms with Gasteiger partial charge in [0.05, 0.1) is 11.5 Å². The number of H-pyrrole nitrogens is 1. The van der Waals surface area contributed by atoms with Crippen LogP contribution in [0.4, 0.5) is 5.69 Å². The minimum Gasteiger partial charge on any atom is -0.368 e. The third kappa shape index (κ3) is 5.62. The van der Waals surface area contributed by atoms with Crippen molar-refractivity contribution >= 4 is 23.2 Å². The van der Waals surface area contributed by atoms with Crippen LogP contribution in [0.5, 0.6) is 0 Å². The maximum absolute atomic E-state index is 13.0. The molecule has 2 heterocycles. The van der Waals surface area contributed by atoms with E-state index in [0.29, 0.717) is 6.54 Å². The van der Waals surface area contributed by atoms with Crippen molar-refractivity contribution in [3.05, 3.63) is 107 Å². The Labute approximate surface area is 229 Å². The number of benzene rings is 3. The van der Waals surface area contributed by atoms with Gasteiger partial charge in [-0.2, -0.15) is 0 Å². The van der Waals surface area contributed by atoms with Crippen LogP contribution >= 0.6 is 11.6 Å². The average molecular weight is 528 g/mol. The van der Waals surface area contributed by atoms with Crippen LogP contribution in [0.3, 0.4) is 0 Å². The maximum atomic E-state index is 13.0. The van der Waals surface area contributed by atoms with E-state index < -0.39 is 0 Å². The Morgan fingerprint density at radius 1 is 1.03 bits per heavy atom. The van der Waals surface area contributed by atoms with Crippen molar-refractivity contribution in [1.29, 1.82) is 0 Å². The molecule has 1 aromatic heterocycles. The number of anilines is 1. The SMILES string of the molecule is CC(C(=O)NCCN1CCN(c2ccc(Cl)cc2)CC1(C)c1ccccc1)c1cnc(-c2ccccc2)[nH]1. The summed E-state index contributed by atoms with van der Waals surface area (Å²) in [7, 11) is 0. The normalized spacial score (nSPS) is 18.8. The molecular weight excluding hydrogens is 494 g/mol. The molecule has 38 heavy (non-hydrogen) atoms. The van der Waals surface area contributed by atoms with Gasteiger partial charge in [0.15, 0.2) is 0 Å². The van der Waals surface area contributed by atoms with Crippen LogP contribution in [0.25, 0.3) is 11.4 Å². The molecule has 0 radical (unpaired) electrons. The number of nitrogens with one attached hydrogen (secondary N) is 2. The van der Waals surface area contributed by atoms with Gasteiger partial charge < -0.3 is 15.2 Å². The third-order valence-electron chi connectivity index (χ3n) is 7.61. The zero-order chi connectivity index (χ0) is 26.5. The summed E-state index contributed by atoms with van der Waals surface area (Å²) in [6.45, 7) is 8.19. The Bertz CT molecular complexity index is 1340. The minimum atomic E-state index is -0.317. The van der Waals surface area contributed by atoms with Gasteiger partial charge in [-0.05, 0) is 43.7 Å². The molecule has 1 aliphatic rings. The van der Waals surface area contributed by atoms with Crippen LogP contribution in [0.15, 0.2) is 91.1 Å². The predicted octanol–water partition coefficient (Wildman–Crippen LogP) is 5.69. The number of aromatic amines is 1. The molecule has 7 heteroatoms. The van der Waals surface area contributed by atoms with E-state index in [0.717, 1.165) is 48.3 Å². The van der Waals surface area contributed by atoms with Gasteiger partial charge >= 0.3 is 0 Å². The van der Waals surface area contributed by atoms with Crippen molar-refractivity contribution in [2.24, 2.45) is 0 Å². The van der Waals surface area contributed by atoms with Crippen molar-refractivity contribution in [2.75, 3.05) is 37.6 Å². The van der Waals surface area contributed by atoms with Crippen molar-refractivity contribution in [1.82, 2.24) is 20.2 Å². The Morgan fingerprint density at radius 3 is 2.42 bits per heavy atom. The lowest BCUT2D eigenvalue weighted by atomic mass is 9.87. The first kappa shape index (κ1) is 26.0. The number of piperazine rings is 1. The fourth-order valence-electron chi connectivity index (χ4n) is 5.25. The zero-order valence-electron chi connectivity index (χ0n) is 21.9. The van der Waals surface area contributed by atoms with Crippen LogP contribution in [0.1, 0.15) is 31.0 Å². The van der Waals surface area contributed by atoms with E-state index in [1.54, 1.807) is 6.20 Å². The van der Waals surface area contributed by atoms with Gasteiger partial charge in [0.2, 0.25) is 5.91 Å². The lowest BCUT2D eigenvalue weighted by Crippen LogP contribution is -2.60. The van der Waals surface area contributed by atoms with Crippen molar-refractivity contribution < 1.29 is 4.79 Å². The molecule has 2 unspecified atom stereocenters. The van der Waals surface area contributed by atoms with Crippen molar-refractivity contribution in [3.8, 4) is 11.4 Å². The number of hydrogen-bond acceptors (Lipinski definition) is 4. The number of amides is 1.